The molecular formula is C29H39ClN2O6. The zero-order valence-electron chi connectivity index (χ0n) is 22.4. The van der Waals surface area contributed by atoms with Crippen molar-refractivity contribution in [1.82, 2.24) is 9.80 Å². The summed E-state index contributed by atoms with van der Waals surface area (Å²) in [5, 5.41) is 10.5. The Hall–Kier alpha value is -2.97. The molecule has 2 aliphatic heterocycles. The van der Waals surface area contributed by atoms with Crippen LogP contribution >= 0.6 is 12.4 Å². The van der Waals surface area contributed by atoms with Crippen LogP contribution in [-0.4, -0.2) is 66.9 Å². The highest BCUT2D eigenvalue weighted by atomic mass is 35.5. The number of carboxylic acid groups (broad SMARTS) is 1. The number of nitrogens with zero attached hydrogens (tertiary/aromatic N) is 2. The third-order valence-electron chi connectivity index (χ3n) is 7.42. The number of likely N-dealkylation sites (tertiary alicyclic amines) is 1. The van der Waals surface area contributed by atoms with E-state index in [4.69, 9.17) is 14.2 Å². The van der Waals surface area contributed by atoms with Crippen molar-refractivity contribution < 1.29 is 28.9 Å². The molecule has 2 aromatic carbocycles. The van der Waals surface area contributed by atoms with Crippen molar-refractivity contribution in [1.29, 1.82) is 0 Å². The average Bonchev–Trinajstić information content (AvgIpc) is 3.53. The van der Waals surface area contributed by atoms with Gasteiger partial charge in [-0.1, -0.05) is 44.9 Å². The first-order valence-corrected chi connectivity index (χ1v) is 13.2. The molecule has 0 aliphatic carbocycles. The van der Waals surface area contributed by atoms with Gasteiger partial charge in [0.2, 0.25) is 12.7 Å². The van der Waals surface area contributed by atoms with Crippen LogP contribution in [0.15, 0.2) is 42.5 Å². The summed E-state index contributed by atoms with van der Waals surface area (Å²) in [6.45, 7) is 6.48. The third-order valence-corrected chi connectivity index (χ3v) is 7.42. The van der Waals surface area contributed by atoms with Crippen LogP contribution in [0.5, 0.6) is 17.2 Å². The maximum atomic E-state index is 13.5. The van der Waals surface area contributed by atoms with Crippen molar-refractivity contribution in [3.05, 3.63) is 53.6 Å². The van der Waals surface area contributed by atoms with Gasteiger partial charge < -0.3 is 24.2 Å². The van der Waals surface area contributed by atoms with E-state index in [1.807, 2.05) is 52.3 Å². The molecule has 0 radical (unpaired) electrons. The second kappa shape index (κ2) is 13.7. The second-order valence-corrected chi connectivity index (χ2v) is 9.82. The number of carbonyl (C=O) groups excluding carboxylic acids is 1. The molecule has 1 saturated heterocycles. The Bertz CT molecular complexity index is 1070. The van der Waals surface area contributed by atoms with Crippen molar-refractivity contribution in [2.24, 2.45) is 5.92 Å². The molecule has 0 bridgehead atoms. The molecule has 3 atom stereocenters. The van der Waals surface area contributed by atoms with Crippen molar-refractivity contribution in [2.75, 3.05) is 40.1 Å². The van der Waals surface area contributed by atoms with E-state index in [1.54, 1.807) is 7.11 Å². The highest BCUT2D eigenvalue weighted by Gasteiger charge is 2.48. The first kappa shape index (κ1) is 29.6. The lowest BCUT2D eigenvalue weighted by atomic mass is 9.82. The lowest BCUT2D eigenvalue weighted by Gasteiger charge is -2.30. The molecule has 9 heteroatoms. The summed E-state index contributed by atoms with van der Waals surface area (Å²) in [4.78, 5) is 30.3. The van der Waals surface area contributed by atoms with E-state index < -0.39 is 17.9 Å². The number of hydrogen-bond donors (Lipinski definition) is 1. The molecule has 2 aromatic rings. The van der Waals surface area contributed by atoms with Crippen molar-refractivity contribution in [2.45, 2.75) is 51.5 Å². The van der Waals surface area contributed by atoms with Gasteiger partial charge in [0.15, 0.2) is 11.5 Å². The number of carbonyl (C=O) groups is 2. The van der Waals surface area contributed by atoms with Crippen LogP contribution < -0.4 is 14.2 Å². The minimum Gasteiger partial charge on any atom is -0.497 e. The smallest absolute Gasteiger partial charge is 0.309 e. The van der Waals surface area contributed by atoms with E-state index in [-0.39, 0.29) is 37.6 Å². The first-order chi connectivity index (χ1) is 18.0. The number of carboxylic acids is 1. The summed E-state index contributed by atoms with van der Waals surface area (Å²) in [5.41, 5.74) is 1.73. The van der Waals surface area contributed by atoms with E-state index in [9.17, 15) is 14.7 Å². The summed E-state index contributed by atoms with van der Waals surface area (Å²) in [6.07, 6.45) is 3.94. The van der Waals surface area contributed by atoms with Crippen LogP contribution in [0.4, 0.5) is 0 Å². The number of benzene rings is 2. The maximum absolute atomic E-state index is 13.5. The topological polar surface area (TPSA) is 88.5 Å². The number of ether oxygens (including phenoxy) is 3. The van der Waals surface area contributed by atoms with Crippen molar-refractivity contribution in [3.8, 4) is 17.2 Å². The molecule has 2 heterocycles. The van der Waals surface area contributed by atoms with Gasteiger partial charge in [-0.2, -0.15) is 0 Å². The summed E-state index contributed by atoms with van der Waals surface area (Å²) in [6, 6.07) is 12.7. The predicted octanol–water partition coefficient (Wildman–Crippen LogP) is 5.12. The molecule has 1 amide bonds. The van der Waals surface area contributed by atoms with Crippen LogP contribution in [0.1, 0.15) is 62.6 Å². The van der Waals surface area contributed by atoms with Gasteiger partial charge in [-0.05, 0) is 48.2 Å². The molecular weight excluding hydrogens is 508 g/mol. The quantitative estimate of drug-likeness (QED) is 0.395. The van der Waals surface area contributed by atoms with Gasteiger partial charge in [0.25, 0.3) is 0 Å². The van der Waals surface area contributed by atoms with Gasteiger partial charge in [0.05, 0.1) is 19.6 Å². The van der Waals surface area contributed by atoms with Gasteiger partial charge in [0.1, 0.15) is 5.75 Å². The molecule has 4 rings (SSSR count). The van der Waals surface area contributed by atoms with Crippen molar-refractivity contribution in [3.63, 3.8) is 0 Å². The van der Waals surface area contributed by atoms with Gasteiger partial charge in [0, 0.05) is 31.6 Å². The van der Waals surface area contributed by atoms with Gasteiger partial charge in [-0.25, -0.2) is 0 Å². The number of hydrogen-bond acceptors (Lipinski definition) is 6. The summed E-state index contributed by atoms with van der Waals surface area (Å²) in [5.74, 6) is 0.113. The number of unbranched alkanes of at least 4 members (excludes halogenated alkanes) is 2. The number of halogens is 1. The average molecular weight is 547 g/mol. The number of fused-ring (bicyclic) bond motifs is 1. The third kappa shape index (κ3) is 6.53. The maximum Gasteiger partial charge on any atom is 0.309 e. The predicted molar refractivity (Wildman–Crippen MR) is 147 cm³/mol. The standard InChI is InChI=1S/C29H38N2O6.ClH/c1-4-6-14-30(15-7-5-2)26(32)18-31-17-23(21-10-13-24-25(16-21)37-19-36-24)27(29(33)34)28(31)20-8-11-22(35-3)12-9-20;/h8-13,16,23,27-28H,4-7,14-15,17-19H2,1-3H3,(H,33,34);1H/t23-,27?,28?;/m1./s1. The van der Waals surface area contributed by atoms with Gasteiger partial charge in [-0.15, -0.1) is 12.4 Å². The molecule has 8 nitrogen and oxygen atoms in total. The van der Waals surface area contributed by atoms with Crippen molar-refractivity contribution >= 4 is 24.3 Å². The normalized spacial score (nSPS) is 20.1. The summed E-state index contributed by atoms with van der Waals surface area (Å²) >= 11 is 0. The number of rotatable bonds is 12. The number of aliphatic carboxylic acids is 1. The van der Waals surface area contributed by atoms with E-state index in [0.29, 0.717) is 23.8 Å². The minimum absolute atomic E-state index is 0. The zero-order valence-corrected chi connectivity index (χ0v) is 23.2. The molecule has 1 N–H and O–H groups in total. The fraction of sp³-hybridized carbons (Fsp3) is 0.517. The Balaban J connectivity index is 0.00000400. The van der Waals surface area contributed by atoms with E-state index in [1.165, 1.54) is 0 Å². The number of methoxy groups -OCH3 is 1. The van der Waals surface area contributed by atoms with Crippen LogP contribution in [0.3, 0.4) is 0 Å². The Morgan fingerprint density at radius 1 is 1.00 bits per heavy atom. The van der Waals surface area contributed by atoms with E-state index in [0.717, 1.165) is 49.9 Å². The molecule has 2 unspecified atom stereocenters. The van der Waals surface area contributed by atoms with Crippen LogP contribution in [0, 0.1) is 5.92 Å². The lowest BCUT2D eigenvalue weighted by Crippen LogP contribution is -2.42. The molecule has 0 saturated carbocycles. The van der Waals surface area contributed by atoms with Gasteiger partial charge >= 0.3 is 5.97 Å². The highest BCUT2D eigenvalue weighted by molar-refractivity contribution is 5.85. The zero-order chi connectivity index (χ0) is 26.4. The first-order valence-electron chi connectivity index (χ1n) is 13.2. The Labute approximate surface area is 231 Å². The van der Waals surface area contributed by atoms with E-state index in [2.05, 4.69) is 13.8 Å². The summed E-state index contributed by atoms with van der Waals surface area (Å²) in [7, 11) is 1.60. The largest absolute Gasteiger partial charge is 0.497 e. The monoisotopic (exact) mass is 546 g/mol. The Kier molecular flexibility index (Phi) is 10.7. The number of amides is 1. The SMILES string of the molecule is CCCCN(CCCC)C(=O)CN1C[C@H](c2ccc3c(c2)OCO3)C(C(=O)O)C1c1ccc(OC)cc1.Cl. The molecule has 1 fully saturated rings. The van der Waals surface area contributed by atoms with Crippen LogP contribution in [0.2, 0.25) is 0 Å². The van der Waals surface area contributed by atoms with Gasteiger partial charge in [-0.3, -0.25) is 14.5 Å². The molecule has 2 aliphatic rings. The van der Waals surface area contributed by atoms with Crippen LogP contribution in [-0.2, 0) is 9.59 Å². The van der Waals surface area contributed by atoms with E-state index >= 15 is 0 Å². The van der Waals surface area contributed by atoms with Crippen LogP contribution in [0.25, 0.3) is 0 Å². The Morgan fingerprint density at radius 2 is 1.63 bits per heavy atom. The summed E-state index contributed by atoms with van der Waals surface area (Å²) < 4.78 is 16.3. The Morgan fingerprint density at radius 3 is 2.24 bits per heavy atom. The fourth-order valence-corrected chi connectivity index (χ4v) is 5.41. The second-order valence-electron chi connectivity index (χ2n) is 9.82. The molecule has 38 heavy (non-hydrogen) atoms. The fourth-order valence-electron chi connectivity index (χ4n) is 5.41. The molecule has 0 spiro atoms. The molecule has 208 valence electrons. The highest BCUT2D eigenvalue weighted by Crippen LogP contribution is 2.47. The lowest BCUT2D eigenvalue weighted by molar-refractivity contribution is -0.144. The minimum atomic E-state index is -0.882. The molecule has 0 aromatic heterocycles.